The van der Waals surface area contributed by atoms with Gasteiger partial charge in [0.2, 0.25) is 0 Å². The van der Waals surface area contributed by atoms with E-state index < -0.39 is 6.10 Å². The number of rotatable bonds is 4. The zero-order chi connectivity index (χ0) is 9.84. The topological polar surface area (TPSA) is 38.1 Å². The van der Waals surface area contributed by atoms with Crippen LogP contribution in [0.4, 0.5) is 0 Å². The van der Waals surface area contributed by atoms with Crippen molar-refractivity contribution in [1.29, 1.82) is 0 Å². The molecule has 1 aromatic rings. The molecule has 1 heterocycles. The van der Waals surface area contributed by atoms with Gasteiger partial charge in [-0.1, -0.05) is 19.1 Å². The zero-order valence-electron chi connectivity index (χ0n) is 8.20. The van der Waals surface area contributed by atoms with E-state index in [2.05, 4.69) is 11.6 Å². The molecule has 0 bridgehead atoms. The van der Waals surface area contributed by atoms with Crippen LogP contribution in [0, 0.1) is 0 Å². The van der Waals surface area contributed by atoms with Gasteiger partial charge in [0.1, 0.15) is 0 Å². The summed E-state index contributed by atoms with van der Waals surface area (Å²) in [5.41, 5.74) is 1.91. The lowest BCUT2D eigenvalue weighted by atomic mass is 10.1. The maximum absolute atomic E-state index is 9.77. The predicted octanol–water partition coefficient (Wildman–Crippen LogP) is 1.81. The highest BCUT2D eigenvalue weighted by atomic mass is 16.3. The van der Waals surface area contributed by atoms with Gasteiger partial charge in [0, 0.05) is 7.05 Å². The number of aliphatic hydroxyl groups excluding tert-OH is 1. The smallest absolute Gasteiger partial charge is 0.0992 e. The second kappa shape index (κ2) is 4.23. The first kappa shape index (κ1) is 9.99. The van der Waals surface area contributed by atoms with Crippen molar-refractivity contribution < 1.29 is 5.11 Å². The molecular weight excluding hydrogens is 164 g/mol. The summed E-state index contributed by atoms with van der Waals surface area (Å²) in [6.07, 6.45) is 4.44. The third kappa shape index (κ3) is 2.42. The Labute approximate surface area is 78.7 Å². The van der Waals surface area contributed by atoms with Crippen molar-refractivity contribution in [3.8, 4) is 0 Å². The molecule has 1 N–H and O–H groups in total. The van der Waals surface area contributed by atoms with Crippen LogP contribution in [-0.2, 0) is 7.05 Å². The Hall–Kier alpha value is -1.09. The molecule has 0 saturated carbocycles. The van der Waals surface area contributed by atoms with E-state index in [1.54, 1.807) is 12.5 Å². The molecule has 1 aromatic heterocycles. The molecule has 1 unspecified atom stereocenters. The first-order valence-electron chi connectivity index (χ1n) is 4.46. The Morgan fingerprint density at radius 2 is 2.46 bits per heavy atom. The third-order valence-corrected chi connectivity index (χ3v) is 2.18. The Balaban J connectivity index is 2.63. The van der Waals surface area contributed by atoms with Crippen molar-refractivity contribution in [1.82, 2.24) is 9.55 Å². The lowest BCUT2D eigenvalue weighted by Crippen LogP contribution is -2.04. The minimum Gasteiger partial charge on any atom is -0.386 e. The van der Waals surface area contributed by atoms with Crippen LogP contribution in [0.15, 0.2) is 24.7 Å². The molecule has 0 aromatic carbocycles. The van der Waals surface area contributed by atoms with Crippen molar-refractivity contribution in [2.45, 2.75) is 25.9 Å². The first-order valence-corrected chi connectivity index (χ1v) is 4.46. The average molecular weight is 180 g/mol. The minimum absolute atomic E-state index is 0.472. The molecule has 0 amide bonds. The average Bonchev–Trinajstić information content (AvgIpc) is 2.51. The number of nitrogens with zero attached hydrogens (tertiary/aromatic N) is 2. The monoisotopic (exact) mass is 180 g/mol. The number of hydrogen-bond acceptors (Lipinski definition) is 2. The van der Waals surface area contributed by atoms with Gasteiger partial charge in [-0.05, 0) is 12.8 Å². The summed E-state index contributed by atoms with van der Waals surface area (Å²) >= 11 is 0. The SMILES string of the molecule is C=C(CC)CC(O)c1cncn1C. The van der Waals surface area contributed by atoms with Gasteiger partial charge < -0.3 is 9.67 Å². The molecule has 0 spiro atoms. The molecule has 0 saturated heterocycles. The van der Waals surface area contributed by atoms with Gasteiger partial charge in [0.15, 0.2) is 0 Å². The van der Waals surface area contributed by atoms with E-state index in [1.165, 1.54) is 0 Å². The fourth-order valence-corrected chi connectivity index (χ4v) is 1.21. The van der Waals surface area contributed by atoms with E-state index in [0.717, 1.165) is 17.7 Å². The van der Waals surface area contributed by atoms with Crippen LogP contribution < -0.4 is 0 Å². The first-order chi connectivity index (χ1) is 6.15. The van der Waals surface area contributed by atoms with Gasteiger partial charge in [-0.25, -0.2) is 4.98 Å². The minimum atomic E-state index is -0.472. The van der Waals surface area contributed by atoms with Crippen molar-refractivity contribution in [3.05, 3.63) is 30.4 Å². The molecule has 0 aliphatic rings. The number of aliphatic hydroxyl groups is 1. The van der Waals surface area contributed by atoms with Crippen LogP contribution >= 0.6 is 0 Å². The molecule has 0 aliphatic heterocycles. The van der Waals surface area contributed by atoms with Crippen molar-refractivity contribution in [2.75, 3.05) is 0 Å². The quantitative estimate of drug-likeness (QED) is 0.717. The number of aromatic nitrogens is 2. The van der Waals surface area contributed by atoms with Gasteiger partial charge in [0.05, 0.1) is 24.3 Å². The Morgan fingerprint density at radius 3 is 2.92 bits per heavy atom. The summed E-state index contributed by atoms with van der Waals surface area (Å²) in [7, 11) is 1.88. The summed E-state index contributed by atoms with van der Waals surface area (Å²) in [5, 5.41) is 9.77. The van der Waals surface area contributed by atoms with Gasteiger partial charge in [-0.2, -0.15) is 0 Å². The van der Waals surface area contributed by atoms with E-state index in [9.17, 15) is 5.11 Å². The maximum Gasteiger partial charge on any atom is 0.0992 e. The number of imidazole rings is 1. The van der Waals surface area contributed by atoms with E-state index in [0.29, 0.717) is 6.42 Å². The van der Waals surface area contributed by atoms with Crippen molar-refractivity contribution in [3.63, 3.8) is 0 Å². The van der Waals surface area contributed by atoms with Crippen LogP contribution in [0.3, 0.4) is 0 Å². The third-order valence-electron chi connectivity index (χ3n) is 2.18. The molecule has 0 aliphatic carbocycles. The highest BCUT2D eigenvalue weighted by Gasteiger charge is 2.11. The highest BCUT2D eigenvalue weighted by Crippen LogP contribution is 2.20. The Morgan fingerprint density at radius 1 is 1.77 bits per heavy atom. The molecule has 1 atom stereocenters. The van der Waals surface area contributed by atoms with Crippen LogP contribution in [0.1, 0.15) is 31.6 Å². The van der Waals surface area contributed by atoms with E-state index in [-0.39, 0.29) is 0 Å². The molecule has 0 radical (unpaired) electrons. The largest absolute Gasteiger partial charge is 0.386 e. The highest BCUT2D eigenvalue weighted by molar-refractivity contribution is 5.07. The molecule has 3 nitrogen and oxygen atoms in total. The molecular formula is C10H16N2O. The lowest BCUT2D eigenvalue weighted by molar-refractivity contribution is 0.169. The van der Waals surface area contributed by atoms with Crippen LogP contribution in [-0.4, -0.2) is 14.7 Å². The van der Waals surface area contributed by atoms with Crippen LogP contribution in [0.2, 0.25) is 0 Å². The van der Waals surface area contributed by atoms with Crippen LogP contribution in [0.5, 0.6) is 0 Å². The Kier molecular flexibility index (Phi) is 3.25. The molecule has 72 valence electrons. The summed E-state index contributed by atoms with van der Waals surface area (Å²) in [5.74, 6) is 0. The van der Waals surface area contributed by atoms with Gasteiger partial charge in [-0.3, -0.25) is 0 Å². The summed E-state index contributed by atoms with van der Waals surface area (Å²) in [6.45, 7) is 5.90. The predicted molar refractivity (Wildman–Crippen MR) is 52.2 cm³/mol. The molecule has 13 heavy (non-hydrogen) atoms. The van der Waals surface area contributed by atoms with E-state index in [1.807, 2.05) is 18.5 Å². The fraction of sp³-hybridized carbons (Fsp3) is 0.500. The van der Waals surface area contributed by atoms with E-state index in [4.69, 9.17) is 0 Å². The van der Waals surface area contributed by atoms with Gasteiger partial charge in [0.25, 0.3) is 0 Å². The fourth-order valence-electron chi connectivity index (χ4n) is 1.21. The normalized spacial score (nSPS) is 12.8. The Bertz CT molecular complexity index is 291. The maximum atomic E-state index is 9.77. The molecule has 1 rings (SSSR count). The standard InChI is InChI=1S/C10H16N2O/c1-4-8(2)5-10(13)9-6-11-7-12(9)3/h6-7,10,13H,2,4-5H2,1,3H3. The second-order valence-corrected chi connectivity index (χ2v) is 3.25. The van der Waals surface area contributed by atoms with E-state index >= 15 is 0 Å². The lowest BCUT2D eigenvalue weighted by Gasteiger charge is -2.11. The summed E-state index contributed by atoms with van der Waals surface area (Å²) in [6, 6.07) is 0. The van der Waals surface area contributed by atoms with Crippen molar-refractivity contribution >= 4 is 0 Å². The van der Waals surface area contributed by atoms with Crippen molar-refractivity contribution in [2.24, 2.45) is 7.05 Å². The van der Waals surface area contributed by atoms with Gasteiger partial charge in [-0.15, -0.1) is 0 Å². The zero-order valence-corrected chi connectivity index (χ0v) is 8.20. The molecule has 3 heteroatoms. The summed E-state index contributed by atoms with van der Waals surface area (Å²) < 4.78 is 1.83. The second-order valence-electron chi connectivity index (χ2n) is 3.25. The molecule has 0 fully saturated rings. The summed E-state index contributed by atoms with van der Waals surface area (Å²) in [4.78, 5) is 3.95. The van der Waals surface area contributed by atoms with Gasteiger partial charge >= 0.3 is 0 Å². The number of hydrogen-bond donors (Lipinski definition) is 1. The number of aryl methyl sites for hydroxylation is 1. The van der Waals surface area contributed by atoms with Crippen LogP contribution in [0.25, 0.3) is 0 Å².